The molecule has 2 aliphatic rings. The van der Waals surface area contributed by atoms with Crippen molar-refractivity contribution in [1.29, 1.82) is 0 Å². The molecule has 4 aromatic rings. The molecule has 6 heterocycles. The molecule has 6 rings (SSSR count). The minimum absolute atomic E-state index is 0.00862. The summed E-state index contributed by atoms with van der Waals surface area (Å²) in [5, 5.41) is 42.1. The van der Waals surface area contributed by atoms with Crippen molar-refractivity contribution in [3.63, 3.8) is 0 Å². The fraction of sp³-hybridized carbons (Fsp3) is 0.524. The third-order valence-corrected chi connectivity index (χ3v) is 8.74. The number of H-pyrrole nitrogens is 1. The van der Waals surface area contributed by atoms with Crippen LogP contribution in [0.25, 0.3) is 22.3 Å². The summed E-state index contributed by atoms with van der Waals surface area (Å²) in [5.74, 6) is -0.306. The van der Waals surface area contributed by atoms with E-state index < -0.39 is 90.2 Å². The summed E-state index contributed by atoms with van der Waals surface area (Å²) < 4.78 is 53.0. The third kappa shape index (κ3) is 6.45. The molecule has 0 saturated carbocycles. The number of aromatic nitrogens is 8. The number of ether oxygens (including phenoxy) is 2. The number of aliphatic hydroxyl groups is 4. The Balaban J connectivity index is 1.20. The van der Waals surface area contributed by atoms with Gasteiger partial charge < -0.3 is 55.7 Å². The average molecular weight is 706 g/mol. The second kappa shape index (κ2) is 12.9. The Morgan fingerprint density at radius 2 is 1.66 bits per heavy atom. The number of fused-ring (bicyclic) bond motifs is 2. The summed E-state index contributed by atoms with van der Waals surface area (Å²) in [4.78, 5) is 54.2. The second-order valence-corrected chi connectivity index (χ2v) is 12.5. The Morgan fingerprint density at radius 1 is 1.00 bits per heavy atom. The number of nitrogens with one attached hydrogen (secondary N) is 1. The molecule has 3 unspecified atom stereocenters. The molecule has 2 saturated heterocycles. The van der Waals surface area contributed by atoms with Gasteiger partial charge in [-0.05, 0) is 0 Å². The van der Waals surface area contributed by atoms with Gasteiger partial charge in [-0.25, -0.2) is 24.5 Å². The predicted octanol–water partition coefficient (Wildman–Crippen LogP) is -3.73. The topological polar surface area (TPSA) is 361 Å². The second-order valence-electron chi connectivity index (χ2n) is 10.3. The first-order chi connectivity index (χ1) is 22.3. The number of aliphatic hydroxyl groups excluding tert-OH is 4. The highest BCUT2D eigenvalue weighted by Gasteiger charge is 2.51. The number of aromatic amines is 1. The van der Waals surface area contributed by atoms with E-state index in [1.807, 2.05) is 0 Å². The van der Waals surface area contributed by atoms with Gasteiger partial charge in [0.15, 0.2) is 29.3 Å². The van der Waals surface area contributed by atoms with Crippen LogP contribution in [0.2, 0.25) is 0 Å². The highest BCUT2D eigenvalue weighted by atomic mass is 31.2. The van der Waals surface area contributed by atoms with Crippen molar-refractivity contribution in [2.75, 3.05) is 18.9 Å². The SMILES string of the molecule is Nc1nc2c(ncn2[C@@H]2O[C@H](CO[PH](=O)O)[C@@H](O)[C@H]2OP(=O)(O)OC[C@H]2O[C@@H](n3cnc4c(C(N)O)ncnc43)[C@H](O)[C@@H]2O)c(=O)[nH]1. The number of phosphoric ester groups is 1. The molecule has 0 radical (unpaired) electrons. The molecule has 26 heteroatoms. The molecule has 0 aliphatic carbocycles. The van der Waals surface area contributed by atoms with Gasteiger partial charge in [-0.1, -0.05) is 0 Å². The first-order valence-corrected chi connectivity index (χ1v) is 16.2. The molecule has 11 N–H and O–H groups in total. The fourth-order valence-electron chi connectivity index (χ4n) is 5.20. The predicted molar refractivity (Wildman–Crippen MR) is 151 cm³/mol. The zero-order chi connectivity index (χ0) is 33.8. The van der Waals surface area contributed by atoms with Gasteiger partial charge in [0.05, 0.1) is 25.9 Å². The number of hydrogen-bond donors (Lipinski definition) is 9. The maximum Gasteiger partial charge on any atom is 0.472 e. The van der Waals surface area contributed by atoms with Crippen LogP contribution in [0.15, 0.2) is 23.8 Å². The molecule has 0 amide bonds. The van der Waals surface area contributed by atoms with Crippen LogP contribution in [0, 0.1) is 0 Å². The quantitative estimate of drug-likeness (QED) is 0.0534. The van der Waals surface area contributed by atoms with Crippen molar-refractivity contribution in [2.24, 2.45) is 5.73 Å². The molecule has 0 bridgehead atoms. The van der Waals surface area contributed by atoms with E-state index in [2.05, 4.69) is 34.4 Å². The summed E-state index contributed by atoms with van der Waals surface area (Å²) in [5.41, 5.74) is 10.2. The van der Waals surface area contributed by atoms with Gasteiger partial charge in [-0.2, -0.15) is 4.98 Å². The fourth-order valence-corrected chi connectivity index (χ4v) is 6.44. The highest BCUT2D eigenvalue weighted by Crippen LogP contribution is 2.50. The smallest absolute Gasteiger partial charge is 0.387 e. The molecule has 4 aromatic heterocycles. The summed E-state index contributed by atoms with van der Waals surface area (Å²) in [6.07, 6.45) is -10.6. The molecule has 24 nitrogen and oxygen atoms in total. The van der Waals surface area contributed by atoms with E-state index in [0.717, 1.165) is 17.2 Å². The van der Waals surface area contributed by atoms with E-state index in [-0.39, 0.29) is 34.0 Å². The number of hydrogen-bond acceptors (Lipinski definition) is 19. The largest absolute Gasteiger partial charge is 0.472 e. The van der Waals surface area contributed by atoms with Gasteiger partial charge in [0.2, 0.25) is 5.95 Å². The van der Waals surface area contributed by atoms with E-state index in [1.165, 1.54) is 10.9 Å². The molecular weight excluding hydrogens is 678 g/mol. The minimum atomic E-state index is -5.18. The molecule has 256 valence electrons. The normalized spacial score (nSPS) is 30.6. The van der Waals surface area contributed by atoms with E-state index >= 15 is 0 Å². The number of imidazole rings is 2. The van der Waals surface area contributed by atoms with Crippen LogP contribution < -0.4 is 17.0 Å². The summed E-state index contributed by atoms with van der Waals surface area (Å²) >= 11 is 0. The van der Waals surface area contributed by atoms with Gasteiger partial charge in [0.25, 0.3) is 5.56 Å². The van der Waals surface area contributed by atoms with Crippen molar-refractivity contribution in [1.82, 2.24) is 39.0 Å². The number of nitrogens with two attached hydrogens (primary N) is 2. The summed E-state index contributed by atoms with van der Waals surface area (Å²) in [6.45, 7) is -1.47. The Labute approximate surface area is 261 Å². The van der Waals surface area contributed by atoms with Gasteiger partial charge >= 0.3 is 16.1 Å². The maximum absolute atomic E-state index is 13.2. The van der Waals surface area contributed by atoms with E-state index in [0.29, 0.717) is 0 Å². The summed E-state index contributed by atoms with van der Waals surface area (Å²) in [6, 6.07) is 0. The van der Waals surface area contributed by atoms with Gasteiger partial charge in [0, 0.05) is 0 Å². The Morgan fingerprint density at radius 3 is 2.36 bits per heavy atom. The molecular formula is C21H28N10O14P2. The molecule has 2 aliphatic heterocycles. The van der Waals surface area contributed by atoms with Gasteiger partial charge in [-0.3, -0.25) is 32.5 Å². The Kier molecular flexibility index (Phi) is 9.25. The standard InChI is InChI=1S/C21H28N10O14P2/c22-15(35)8-9-16(25-3-24-8)30(4-26-9)19-13(34)11(32)7(43-19)2-42-47(39,40)45-14-12(33)6(1-41-46(37)38)44-20(14)31-5-27-10-17(31)28-21(23)29-18(10)36/h3-7,11-15,19-20,32-35,46H,1-2,22H2,(H,37,38)(H,39,40)(H3,23,28,29,36)/t6-,7-,11-,12-,13-,14-,15?,19-,20-/m1/s1. The number of rotatable bonds is 11. The molecule has 0 spiro atoms. The van der Waals surface area contributed by atoms with Crippen LogP contribution in [0.4, 0.5) is 5.95 Å². The van der Waals surface area contributed by atoms with Crippen LogP contribution >= 0.6 is 16.1 Å². The zero-order valence-corrected chi connectivity index (χ0v) is 25.4. The average Bonchev–Trinajstić information content (AvgIpc) is 3.76. The van der Waals surface area contributed by atoms with Crippen LogP contribution in [0.5, 0.6) is 0 Å². The first kappa shape index (κ1) is 33.6. The van der Waals surface area contributed by atoms with Crippen molar-refractivity contribution in [3.8, 4) is 0 Å². The van der Waals surface area contributed by atoms with Crippen molar-refractivity contribution >= 4 is 44.4 Å². The van der Waals surface area contributed by atoms with E-state index in [1.54, 1.807) is 0 Å². The van der Waals surface area contributed by atoms with Crippen molar-refractivity contribution < 1.29 is 62.4 Å². The monoisotopic (exact) mass is 706 g/mol. The van der Waals surface area contributed by atoms with E-state index in [4.69, 9.17) is 34.9 Å². The number of anilines is 1. The van der Waals surface area contributed by atoms with Gasteiger partial charge in [0.1, 0.15) is 60.4 Å². The summed E-state index contributed by atoms with van der Waals surface area (Å²) in [7, 11) is -8.65. The Hall–Kier alpha value is -3.32. The lowest BCUT2D eigenvalue weighted by atomic mass is 10.1. The lowest BCUT2D eigenvalue weighted by molar-refractivity contribution is -0.0609. The van der Waals surface area contributed by atoms with Crippen molar-refractivity contribution in [3.05, 3.63) is 35.0 Å². The van der Waals surface area contributed by atoms with Crippen LogP contribution in [-0.2, 0) is 32.2 Å². The van der Waals surface area contributed by atoms with Crippen LogP contribution in [0.1, 0.15) is 24.4 Å². The van der Waals surface area contributed by atoms with Crippen LogP contribution in [0.3, 0.4) is 0 Å². The maximum atomic E-state index is 13.2. The molecule has 2 fully saturated rings. The zero-order valence-electron chi connectivity index (χ0n) is 23.5. The van der Waals surface area contributed by atoms with Crippen molar-refractivity contribution in [2.45, 2.75) is 55.3 Å². The molecule has 11 atom stereocenters. The van der Waals surface area contributed by atoms with Gasteiger partial charge in [-0.15, -0.1) is 0 Å². The third-order valence-electron chi connectivity index (χ3n) is 7.34. The molecule has 47 heavy (non-hydrogen) atoms. The highest BCUT2D eigenvalue weighted by molar-refractivity contribution is 7.47. The molecule has 0 aromatic carbocycles. The Bertz CT molecular complexity index is 1900. The van der Waals surface area contributed by atoms with E-state index in [9.17, 15) is 39.2 Å². The number of nitrogens with zero attached hydrogens (tertiary/aromatic N) is 7. The first-order valence-electron chi connectivity index (χ1n) is 13.5. The number of phosphoric acid groups is 1. The lowest BCUT2D eigenvalue weighted by Gasteiger charge is -2.25. The number of nitrogen functional groups attached to an aromatic ring is 1. The van der Waals surface area contributed by atoms with Crippen LogP contribution in [-0.4, -0.2) is 119 Å². The lowest BCUT2D eigenvalue weighted by Crippen LogP contribution is -2.36. The minimum Gasteiger partial charge on any atom is -0.387 e.